The Labute approximate surface area is 157 Å². The van der Waals surface area contributed by atoms with Crippen molar-refractivity contribution in [2.24, 2.45) is 0 Å². The normalized spacial score (nSPS) is 11.2. The third-order valence-electron chi connectivity index (χ3n) is 3.94. The second-order valence-electron chi connectivity index (χ2n) is 5.90. The molecule has 8 heteroatoms. The SMILES string of the molecule is COC(=O)c1ccc(NS(=O)(=O)c2cc(-c3cnc(C)o3)ccc2C)cc1. The van der Waals surface area contributed by atoms with Crippen molar-refractivity contribution in [3.05, 3.63) is 65.7 Å². The van der Waals surface area contributed by atoms with Crippen molar-refractivity contribution in [1.29, 1.82) is 0 Å². The van der Waals surface area contributed by atoms with E-state index >= 15 is 0 Å². The molecule has 0 bridgehead atoms. The summed E-state index contributed by atoms with van der Waals surface area (Å²) in [5.41, 5.74) is 1.87. The number of methoxy groups -OCH3 is 1. The molecule has 0 aliphatic heterocycles. The predicted molar refractivity (Wildman–Crippen MR) is 100 cm³/mol. The highest BCUT2D eigenvalue weighted by Crippen LogP contribution is 2.27. The molecule has 3 rings (SSSR count). The number of sulfonamides is 1. The number of ether oxygens (including phenoxy) is 1. The molecule has 0 aliphatic carbocycles. The third-order valence-corrected chi connectivity index (χ3v) is 5.46. The zero-order valence-corrected chi connectivity index (χ0v) is 15.8. The van der Waals surface area contributed by atoms with Crippen molar-refractivity contribution in [2.75, 3.05) is 11.8 Å². The van der Waals surface area contributed by atoms with E-state index in [0.29, 0.717) is 34.0 Å². The lowest BCUT2D eigenvalue weighted by molar-refractivity contribution is 0.0600. The summed E-state index contributed by atoms with van der Waals surface area (Å²) in [7, 11) is -2.55. The molecule has 1 aromatic heterocycles. The maximum Gasteiger partial charge on any atom is 0.337 e. The number of anilines is 1. The van der Waals surface area contributed by atoms with E-state index in [4.69, 9.17) is 4.42 Å². The highest BCUT2D eigenvalue weighted by molar-refractivity contribution is 7.92. The number of hydrogen-bond acceptors (Lipinski definition) is 6. The Bertz CT molecular complexity index is 1090. The van der Waals surface area contributed by atoms with Gasteiger partial charge in [-0.15, -0.1) is 0 Å². The minimum absolute atomic E-state index is 0.131. The highest BCUT2D eigenvalue weighted by atomic mass is 32.2. The van der Waals surface area contributed by atoms with Gasteiger partial charge in [-0.1, -0.05) is 12.1 Å². The van der Waals surface area contributed by atoms with Gasteiger partial charge in [-0.3, -0.25) is 4.72 Å². The Morgan fingerprint density at radius 1 is 1.11 bits per heavy atom. The Morgan fingerprint density at radius 2 is 1.81 bits per heavy atom. The number of aryl methyl sites for hydroxylation is 2. The van der Waals surface area contributed by atoms with Gasteiger partial charge in [0.2, 0.25) is 0 Å². The number of oxazole rings is 1. The van der Waals surface area contributed by atoms with Gasteiger partial charge in [0.25, 0.3) is 10.0 Å². The van der Waals surface area contributed by atoms with Crippen LogP contribution in [0.25, 0.3) is 11.3 Å². The van der Waals surface area contributed by atoms with Crippen LogP contribution in [0.3, 0.4) is 0 Å². The molecule has 0 saturated heterocycles. The number of hydrogen-bond donors (Lipinski definition) is 1. The fourth-order valence-electron chi connectivity index (χ4n) is 2.54. The quantitative estimate of drug-likeness (QED) is 0.674. The average Bonchev–Trinajstić information content (AvgIpc) is 3.08. The predicted octanol–water partition coefficient (Wildman–Crippen LogP) is 3.55. The Morgan fingerprint density at radius 3 is 2.41 bits per heavy atom. The molecule has 0 saturated carbocycles. The van der Waals surface area contributed by atoms with Crippen LogP contribution >= 0.6 is 0 Å². The van der Waals surface area contributed by atoms with E-state index in [1.807, 2.05) is 0 Å². The first-order chi connectivity index (χ1) is 12.8. The first kappa shape index (κ1) is 18.7. The molecule has 1 heterocycles. The van der Waals surface area contributed by atoms with Crippen LogP contribution in [0.5, 0.6) is 0 Å². The molecule has 140 valence electrons. The molecular weight excluding hydrogens is 368 g/mol. The zero-order chi connectivity index (χ0) is 19.6. The summed E-state index contributed by atoms with van der Waals surface area (Å²) in [5, 5.41) is 0. The molecule has 1 N–H and O–H groups in total. The Balaban J connectivity index is 1.91. The van der Waals surface area contributed by atoms with Gasteiger partial charge in [-0.25, -0.2) is 18.2 Å². The molecule has 0 spiro atoms. The number of nitrogens with one attached hydrogen (secondary N) is 1. The van der Waals surface area contributed by atoms with Crippen molar-refractivity contribution < 1.29 is 22.4 Å². The molecule has 0 unspecified atom stereocenters. The number of esters is 1. The molecule has 7 nitrogen and oxygen atoms in total. The lowest BCUT2D eigenvalue weighted by Gasteiger charge is -2.12. The first-order valence-corrected chi connectivity index (χ1v) is 9.53. The van der Waals surface area contributed by atoms with Crippen LogP contribution in [-0.4, -0.2) is 26.5 Å². The smallest absolute Gasteiger partial charge is 0.337 e. The minimum Gasteiger partial charge on any atom is -0.465 e. The summed E-state index contributed by atoms with van der Waals surface area (Å²) < 4.78 is 38.3. The molecule has 3 aromatic rings. The molecular formula is C19H18N2O5S. The lowest BCUT2D eigenvalue weighted by Crippen LogP contribution is -2.14. The van der Waals surface area contributed by atoms with E-state index in [0.717, 1.165) is 0 Å². The first-order valence-electron chi connectivity index (χ1n) is 8.05. The number of benzene rings is 2. The summed E-state index contributed by atoms with van der Waals surface area (Å²) in [6.07, 6.45) is 1.55. The van der Waals surface area contributed by atoms with E-state index in [9.17, 15) is 13.2 Å². The molecule has 0 aliphatic rings. The van der Waals surface area contributed by atoms with Crippen LogP contribution in [0, 0.1) is 13.8 Å². The topological polar surface area (TPSA) is 98.5 Å². The average molecular weight is 386 g/mol. The van der Waals surface area contributed by atoms with Crippen LogP contribution in [-0.2, 0) is 14.8 Å². The van der Waals surface area contributed by atoms with Gasteiger partial charge >= 0.3 is 5.97 Å². The van der Waals surface area contributed by atoms with Gasteiger partial charge in [-0.2, -0.15) is 0 Å². The van der Waals surface area contributed by atoms with Crippen molar-refractivity contribution in [2.45, 2.75) is 18.7 Å². The summed E-state index contributed by atoms with van der Waals surface area (Å²) in [4.78, 5) is 15.6. The molecule has 27 heavy (non-hydrogen) atoms. The summed E-state index contributed by atoms with van der Waals surface area (Å²) in [6.45, 7) is 3.43. The second-order valence-corrected chi connectivity index (χ2v) is 7.55. The van der Waals surface area contributed by atoms with Crippen LogP contribution in [0.2, 0.25) is 0 Å². The number of carbonyl (C=O) groups is 1. The highest BCUT2D eigenvalue weighted by Gasteiger charge is 2.19. The van der Waals surface area contributed by atoms with E-state index < -0.39 is 16.0 Å². The maximum atomic E-state index is 12.8. The van der Waals surface area contributed by atoms with E-state index in [1.54, 1.807) is 38.2 Å². The largest absolute Gasteiger partial charge is 0.465 e. The number of carbonyl (C=O) groups excluding carboxylic acids is 1. The van der Waals surface area contributed by atoms with Crippen LogP contribution < -0.4 is 4.72 Å². The Kier molecular flexibility index (Phi) is 5.00. The van der Waals surface area contributed by atoms with Gasteiger partial charge in [0.05, 0.1) is 23.8 Å². The summed E-state index contributed by atoms with van der Waals surface area (Å²) in [6, 6.07) is 11.0. The van der Waals surface area contributed by atoms with E-state index in [1.165, 1.54) is 31.4 Å². The summed E-state index contributed by atoms with van der Waals surface area (Å²) in [5.74, 6) is 0.500. The van der Waals surface area contributed by atoms with Gasteiger partial charge in [-0.05, 0) is 42.8 Å². The van der Waals surface area contributed by atoms with Gasteiger partial charge in [0.15, 0.2) is 11.7 Å². The number of nitrogens with zero attached hydrogens (tertiary/aromatic N) is 1. The van der Waals surface area contributed by atoms with Crippen LogP contribution in [0.1, 0.15) is 21.8 Å². The van der Waals surface area contributed by atoms with Gasteiger partial charge < -0.3 is 9.15 Å². The molecule has 0 amide bonds. The third kappa shape index (κ3) is 4.01. The standard InChI is InChI=1S/C19H18N2O5S/c1-12-4-5-15(17-11-20-13(2)26-17)10-18(12)27(23,24)21-16-8-6-14(7-9-16)19(22)25-3/h4-11,21H,1-3H3. The molecule has 0 fully saturated rings. The van der Waals surface area contributed by atoms with Crippen molar-refractivity contribution >= 4 is 21.7 Å². The van der Waals surface area contributed by atoms with E-state index in [-0.39, 0.29) is 4.90 Å². The monoisotopic (exact) mass is 386 g/mol. The summed E-state index contributed by atoms with van der Waals surface area (Å²) >= 11 is 0. The van der Waals surface area contributed by atoms with Gasteiger partial charge in [0.1, 0.15) is 0 Å². The van der Waals surface area contributed by atoms with Crippen LogP contribution in [0.4, 0.5) is 5.69 Å². The van der Waals surface area contributed by atoms with E-state index in [2.05, 4.69) is 14.4 Å². The lowest BCUT2D eigenvalue weighted by atomic mass is 10.1. The zero-order valence-electron chi connectivity index (χ0n) is 15.0. The molecule has 0 atom stereocenters. The van der Waals surface area contributed by atoms with Gasteiger partial charge in [0, 0.05) is 18.2 Å². The molecule has 2 aromatic carbocycles. The second kappa shape index (κ2) is 7.24. The maximum absolute atomic E-state index is 12.8. The fraction of sp³-hybridized carbons (Fsp3) is 0.158. The number of rotatable bonds is 5. The fourth-order valence-corrected chi connectivity index (χ4v) is 3.87. The van der Waals surface area contributed by atoms with Crippen molar-refractivity contribution in [3.63, 3.8) is 0 Å². The number of aromatic nitrogens is 1. The van der Waals surface area contributed by atoms with Crippen molar-refractivity contribution in [3.8, 4) is 11.3 Å². The Hall–Kier alpha value is -3.13. The minimum atomic E-state index is -3.83. The molecule has 0 radical (unpaired) electrons. The van der Waals surface area contributed by atoms with Crippen molar-refractivity contribution in [1.82, 2.24) is 4.98 Å². The van der Waals surface area contributed by atoms with Crippen LogP contribution in [0.15, 0.2) is 58.0 Å².